The lowest BCUT2D eigenvalue weighted by molar-refractivity contribution is -0.142. The van der Waals surface area contributed by atoms with E-state index in [-0.39, 0.29) is 12.1 Å². The second-order valence-corrected chi connectivity index (χ2v) is 6.62. The lowest BCUT2D eigenvalue weighted by atomic mass is 9.91. The lowest BCUT2D eigenvalue weighted by Gasteiger charge is -2.33. The van der Waals surface area contributed by atoms with Gasteiger partial charge in [0.25, 0.3) is 0 Å². The minimum Gasteiger partial charge on any atom is -0.468 e. The number of carbonyl (C=O) groups is 2. The Morgan fingerprint density at radius 1 is 1.29 bits per heavy atom. The largest absolute Gasteiger partial charge is 0.468 e. The normalized spacial score (nSPS) is 18.2. The van der Waals surface area contributed by atoms with Gasteiger partial charge in [0.05, 0.1) is 7.11 Å². The van der Waals surface area contributed by atoms with Crippen molar-refractivity contribution in [2.24, 2.45) is 11.7 Å². The van der Waals surface area contributed by atoms with Crippen molar-refractivity contribution in [1.82, 2.24) is 4.90 Å². The molecule has 6 heteroatoms. The second-order valence-electron chi connectivity index (χ2n) is 6.62. The van der Waals surface area contributed by atoms with Crippen LogP contribution in [-0.4, -0.2) is 48.8 Å². The van der Waals surface area contributed by atoms with Gasteiger partial charge in [-0.05, 0) is 52.4 Å². The first-order valence-corrected chi connectivity index (χ1v) is 7.54. The number of ether oxygens (including phenoxy) is 2. The van der Waals surface area contributed by atoms with Crippen LogP contribution >= 0.6 is 0 Å². The van der Waals surface area contributed by atoms with E-state index in [1.807, 2.05) is 20.8 Å². The molecule has 1 amide bonds. The molecule has 6 nitrogen and oxygen atoms in total. The maximum absolute atomic E-state index is 11.9. The zero-order valence-corrected chi connectivity index (χ0v) is 13.6. The number of hydrogen-bond donors (Lipinski definition) is 1. The Bertz CT molecular complexity index is 357. The van der Waals surface area contributed by atoms with Gasteiger partial charge in [-0.2, -0.15) is 0 Å². The van der Waals surface area contributed by atoms with E-state index in [2.05, 4.69) is 4.74 Å². The van der Waals surface area contributed by atoms with E-state index < -0.39 is 11.6 Å². The quantitative estimate of drug-likeness (QED) is 0.802. The van der Waals surface area contributed by atoms with Crippen molar-refractivity contribution in [2.45, 2.75) is 58.1 Å². The monoisotopic (exact) mass is 300 g/mol. The fourth-order valence-corrected chi connectivity index (χ4v) is 2.42. The molecule has 1 unspecified atom stereocenters. The summed E-state index contributed by atoms with van der Waals surface area (Å²) in [6, 6.07) is -0.543. The third-order valence-electron chi connectivity index (χ3n) is 3.66. The van der Waals surface area contributed by atoms with Crippen molar-refractivity contribution in [2.75, 3.05) is 20.2 Å². The number of methoxy groups -OCH3 is 1. The molecule has 1 rings (SSSR count). The van der Waals surface area contributed by atoms with Gasteiger partial charge in [0, 0.05) is 13.1 Å². The Morgan fingerprint density at radius 2 is 1.86 bits per heavy atom. The number of esters is 1. The molecule has 1 fully saturated rings. The molecule has 1 atom stereocenters. The molecule has 0 spiro atoms. The summed E-state index contributed by atoms with van der Waals surface area (Å²) < 4.78 is 9.98. The first kappa shape index (κ1) is 17.8. The van der Waals surface area contributed by atoms with Gasteiger partial charge in [0.2, 0.25) is 0 Å². The summed E-state index contributed by atoms with van der Waals surface area (Å²) in [4.78, 5) is 24.9. The molecule has 0 aromatic rings. The van der Waals surface area contributed by atoms with E-state index >= 15 is 0 Å². The zero-order chi connectivity index (χ0) is 16.0. The highest BCUT2D eigenvalue weighted by atomic mass is 16.6. The first-order chi connectivity index (χ1) is 9.73. The molecule has 1 aliphatic heterocycles. The van der Waals surface area contributed by atoms with Gasteiger partial charge < -0.3 is 20.1 Å². The van der Waals surface area contributed by atoms with E-state index in [4.69, 9.17) is 10.5 Å². The Balaban J connectivity index is 2.29. The number of carbonyl (C=O) groups excluding carboxylic acids is 2. The highest BCUT2D eigenvalue weighted by molar-refractivity contribution is 5.75. The fraction of sp³-hybridized carbons (Fsp3) is 0.867. The Hall–Kier alpha value is -1.30. The number of amides is 1. The summed E-state index contributed by atoms with van der Waals surface area (Å²) >= 11 is 0. The van der Waals surface area contributed by atoms with Crippen LogP contribution in [0.5, 0.6) is 0 Å². The van der Waals surface area contributed by atoms with Crippen LogP contribution in [0.2, 0.25) is 0 Å². The van der Waals surface area contributed by atoms with E-state index in [1.165, 1.54) is 7.11 Å². The smallest absolute Gasteiger partial charge is 0.410 e. The van der Waals surface area contributed by atoms with Crippen LogP contribution in [-0.2, 0) is 14.3 Å². The van der Waals surface area contributed by atoms with Gasteiger partial charge in [0.1, 0.15) is 11.6 Å². The maximum atomic E-state index is 11.9. The van der Waals surface area contributed by atoms with Gasteiger partial charge in [-0.3, -0.25) is 4.79 Å². The molecule has 0 radical (unpaired) electrons. The Kier molecular flexibility index (Phi) is 6.45. The summed E-state index contributed by atoms with van der Waals surface area (Å²) in [5, 5.41) is 0. The van der Waals surface area contributed by atoms with Gasteiger partial charge >= 0.3 is 12.1 Å². The number of likely N-dealkylation sites (tertiary alicyclic amines) is 1. The number of rotatable bonds is 4. The van der Waals surface area contributed by atoms with E-state index in [1.54, 1.807) is 4.90 Å². The van der Waals surface area contributed by atoms with Crippen LogP contribution in [0.1, 0.15) is 46.5 Å². The molecule has 0 aliphatic carbocycles. The standard InChI is InChI=1S/C15H28N2O4/c1-15(2,3)21-14(19)17-9-7-11(8-10-17)5-6-12(16)13(18)20-4/h11-12H,5-10,16H2,1-4H3. The van der Waals surface area contributed by atoms with Crippen LogP contribution < -0.4 is 5.73 Å². The van der Waals surface area contributed by atoms with E-state index in [0.717, 1.165) is 19.3 Å². The molecule has 0 aromatic carbocycles. The SMILES string of the molecule is COC(=O)C(N)CCC1CCN(C(=O)OC(C)(C)C)CC1. The maximum Gasteiger partial charge on any atom is 0.410 e. The number of piperidine rings is 1. The average molecular weight is 300 g/mol. The van der Waals surface area contributed by atoms with Crippen molar-refractivity contribution in [3.8, 4) is 0 Å². The summed E-state index contributed by atoms with van der Waals surface area (Å²) in [6.45, 7) is 7.00. The van der Waals surface area contributed by atoms with Crippen molar-refractivity contribution in [3.63, 3.8) is 0 Å². The van der Waals surface area contributed by atoms with Crippen molar-refractivity contribution >= 4 is 12.1 Å². The van der Waals surface area contributed by atoms with Crippen LogP contribution in [0.4, 0.5) is 4.79 Å². The molecule has 1 saturated heterocycles. The van der Waals surface area contributed by atoms with Crippen LogP contribution in [0.25, 0.3) is 0 Å². The first-order valence-electron chi connectivity index (χ1n) is 7.54. The van der Waals surface area contributed by atoms with Gasteiger partial charge in [-0.15, -0.1) is 0 Å². The highest BCUT2D eigenvalue weighted by Gasteiger charge is 2.27. The second kappa shape index (κ2) is 7.64. The Labute approximate surface area is 126 Å². The zero-order valence-electron chi connectivity index (χ0n) is 13.6. The number of hydrogen-bond acceptors (Lipinski definition) is 5. The average Bonchev–Trinajstić information content (AvgIpc) is 2.42. The minimum atomic E-state index is -0.543. The van der Waals surface area contributed by atoms with Crippen molar-refractivity contribution < 1.29 is 19.1 Å². The molecular formula is C15H28N2O4. The Morgan fingerprint density at radius 3 is 2.33 bits per heavy atom. The lowest BCUT2D eigenvalue weighted by Crippen LogP contribution is -2.42. The van der Waals surface area contributed by atoms with Gasteiger partial charge in [-0.1, -0.05) is 0 Å². The number of nitrogens with zero attached hydrogens (tertiary/aromatic N) is 1. The summed E-state index contributed by atoms with van der Waals surface area (Å²) in [6.07, 6.45) is 3.12. The third-order valence-corrected chi connectivity index (χ3v) is 3.66. The van der Waals surface area contributed by atoms with E-state index in [0.29, 0.717) is 25.4 Å². The molecule has 21 heavy (non-hydrogen) atoms. The van der Waals surface area contributed by atoms with Gasteiger partial charge in [-0.25, -0.2) is 4.79 Å². The van der Waals surface area contributed by atoms with Crippen LogP contribution in [0.3, 0.4) is 0 Å². The molecule has 1 heterocycles. The third kappa shape index (κ3) is 6.33. The predicted octanol–water partition coefficient (Wildman–Crippen LogP) is 1.91. The van der Waals surface area contributed by atoms with Crippen LogP contribution in [0.15, 0.2) is 0 Å². The van der Waals surface area contributed by atoms with Crippen LogP contribution in [0, 0.1) is 5.92 Å². The predicted molar refractivity (Wildman–Crippen MR) is 79.8 cm³/mol. The number of nitrogens with two attached hydrogens (primary N) is 1. The molecule has 122 valence electrons. The summed E-state index contributed by atoms with van der Waals surface area (Å²) in [5.74, 6) is 0.139. The summed E-state index contributed by atoms with van der Waals surface area (Å²) in [7, 11) is 1.35. The summed E-state index contributed by atoms with van der Waals surface area (Å²) in [5.41, 5.74) is 5.27. The fourth-order valence-electron chi connectivity index (χ4n) is 2.42. The molecule has 0 aromatic heterocycles. The molecule has 0 saturated carbocycles. The minimum absolute atomic E-state index is 0.243. The topological polar surface area (TPSA) is 81.9 Å². The van der Waals surface area contributed by atoms with Gasteiger partial charge in [0.15, 0.2) is 0 Å². The molecular weight excluding hydrogens is 272 g/mol. The molecule has 1 aliphatic rings. The van der Waals surface area contributed by atoms with Crippen molar-refractivity contribution in [1.29, 1.82) is 0 Å². The molecule has 0 bridgehead atoms. The van der Waals surface area contributed by atoms with E-state index in [9.17, 15) is 9.59 Å². The molecule has 2 N–H and O–H groups in total. The highest BCUT2D eigenvalue weighted by Crippen LogP contribution is 2.23. The van der Waals surface area contributed by atoms with Crippen molar-refractivity contribution in [3.05, 3.63) is 0 Å².